The largest absolute Gasteiger partial charge is 0.508 e. The Kier molecular flexibility index (Phi) is 4.33. The van der Waals surface area contributed by atoms with E-state index in [0.717, 1.165) is 22.6 Å². The molecule has 1 atom stereocenters. The standard InChI is InChI=1S/C14H18N2OS/c1-3-12(14-15-6-7-18-14)16-9-11-8-10(2)4-5-13(11)17/h4-8,12,16-17H,3,9H2,1-2H3. The van der Waals surface area contributed by atoms with Gasteiger partial charge in [0.15, 0.2) is 0 Å². The first-order chi connectivity index (χ1) is 8.70. The van der Waals surface area contributed by atoms with E-state index in [-0.39, 0.29) is 6.04 Å². The van der Waals surface area contributed by atoms with Crippen LogP contribution in [0.1, 0.15) is 35.5 Å². The number of thiazole rings is 1. The number of aromatic hydroxyl groups is 1. The van der Waals surface area contributed by atoms with Crippen molar-refractivity contribution in [2.45, 2.75) is 32.9 Å². The Morgan fingerprint density at radius 2 is 2.28 bits per heavy atom. The molecule has 96 valence electrons. The van der Waals surface area contributed by atoms with Crippen LogP contribution in [-0.4, -0.2) is 10.1 Å². The van der Waals surface area contributed by atoms with Gasteiger partial charge in [-0.1, -0.05) is 24.6 Å². The van der Waals surface area contributed by atoms with E-state index in [1.54, 1.807) is 17.4 Å². The molecule has 2 rings (SSSR count). The Labute approximate surface area is 112 Å². The normalized spacial score (nSPS) is 12.6. The van der Waals surface area contributed by atoms with Crippen LogP contribution in [0.2, 0.25) is 0 Å². The van der Waals surface area contributed by atoms with Gasteiger partial charge in [-0.05, 0) is 19.4 Å². The minimum atomic E-state index is 0.255. The summed E-state index contributed by atoms with van der Waals surface area (Å²) in [7, 11) is 0. The zero-order valence-electron chi connectivity index (χ0n) is 10.7. The third-order valence-electron chi connectivity index (χ3n) is 2.93. The number of hydrogen-bond donors (Lipinski definition) is 2. The molecule has 0 aliphatic rings. The van der Waals surface area contributed by atoms with Crippen molar-refractivity contribution in [1.29, 1.82) is 0 Å². The number of hydrogen-bond acceptors (Lipinski definition) is 4. The van der Waals surface area contributed by atoms with Crippen molar-refractivity contribution in [3.05, 3.63) is 45.9 Å². The van der Waals surface area contributed by atoms with Crippen LogP contribution in [0.15, 0.2) is 29.8 Å². The second kappa shape index (κ2) is 5.98. The summed E-state index contributed by atoms with van der Waals surface area (Å²) in [6.07, 6.45) is 2.81. The van der Waals surface area contributed by atoms with E-state index >= 15 is 0 Å². The van der Waals surface area contributed by atoms with Crippen LogP contribution in [-0.2, 0) is 6.54 Å². The maximum Gasteiger partial charge on any atom is 0.120 e. The van der Waals surface area contributed by atoms with E-state index in [1.165, 1.54) is 0 Å². The van der Waals surface area contributed by atoms with Crippen molar-refractivity contribution in [2.75, 3.05) is 0 Å². The van der Waals surface area contributed by atoms with Gasteiger partial charge in [-0.2, -0.15) is 0 Å². The Morgan fingerprint density at radius 1 is 1.44 bits per heavy atom. The molecule has 1 heterocycles. The summed E-state index contributed by atoms with van der Waals surface area (Å²) in [6, 6.07) is 5.93. The molecule has 0 aliphatic carbocycles. The maximum absolute atomic E-state index is 9.80. The molecule has 0 amide bonds. The van der Waals surface area contributed by atoms with Gasteiger partial charge in [0.05, 0.1) is 6.04 Å². The van der Waals surface area contributed by atoms with E-state index in [0.29, 0.717) is 12.3 Å². The molecule has 1 aromatic carbocycles. The highest BCUT2D eigenvalue weighted by molar-refractivity contribution is 7.09. The van der Waals surface area contributed by atoms with E-state index in [9.17, 15) is 5.11 Å². The second-order valence-corrected chi connectivity index (χ2v) is 5.27. The first-order valence-corrected chi connectivity index (χ1v) is 7.00. The van der Waals surface area contributed by atoms with E-state index in [1.807, 2.05) is 30.6 Å². The predicted molar refractivity (Wildman–Crippen MR) is 74.8 cm³/mol. The van der Waals surface area contributed by atoms with Crippen LogP contribution >= 0.6 is 11.3 Å². The molecule has 0 saturated heterocycles. The minimum absolute atomic E-state index is 0.255. The summed E-state index contributed by atoms with van der Waals surface area (Å²) in [6.45, 7) is 4.82. The number of aromatic nitrogens is 1. The molecule has 0 saturated carbocycles. The van der Waals surface area contributed by atoms with Crippen molar-refractivity contribution in [2.24, 2.45) is 0 Å². The van der Waals surface area contributed by atoms with Crippen molar-refractivity contribution >= 4 is 11.3 Å². The van der Waals surface area contributed by atoms with Gasteiger partial charge in [-0.15, -0.1) is 11.3 Å². The summed E-state index contributed by atoms with van der Waals surface area (Å²) in [5.74, 6) is 0.349. The van der Waals surface area contributed by atoms with Gasteiger partial charge < -0.3 is 10.4 Å². The number of phenolic OH excluding ortho intramolecular Hbond substituents is 1. The van der Waals surface area contributed by atoms with Crippen molar-refractivity contribution in [3.8, 4) is 5.75 Å². The molecular weight excluding hydrogens is 244 g/mol. The lowest BCUT2D eigenvalue weighted by Crippen LogP contribution is -2.20. The lowest BCUT2D eigenvalue weighted by Gasteiger charge is -2.15. The highest BCUT2D eigenvalue weighted by Crippen LogP contribution is 2.22. The highest BCUT2D eigenvalue weighted by atomic mass is 32.1. The fraction of sp³-hybridized carbons (Fsp3) is 0.357. The molecule has 2 N–H and O–H groups in total. The van der Waals surface area contributed by atoms with Gasteiger partial charge in [-0.25, -0.2) is 4.98 Å². The van der Waals surface area contributed by atoms with Gasteiger partial charge in [0.25, 0.3) is 0 Å². The fourth-order valence-corrected chi connectivity index (χ4v) is 2.70. The molecule has 1 aromatic heterocycles. The molecule has 0 radical (unpaired) electrons. The van der Waals surface area contributed by atoms with Crippen LogP contribution < -0.4 is 5.32 Å². The van der Waals surface area contributed by atoms with Gasteiger partial charge in [-0.3, -0.25) is 0 Å². The topological polar surface area (TPSA) is 45.1 Å². The fourth-order valence-electron chi connectivity index (χ4n) is 1.90. The van der Waals surface area contributed by atoms with Gasteiger partial charge >= 0.3 is 0 Å². The predicted octanol–water partition coefficient (Wildman–Crippen LogP) is 3.40. The van der Waals surface area contributed by atoms with E-state index < -0.39 is 0 Å². The summed E-state index contributed by atoms with van der Waals surface area (Å²) in [5, 5.41) is 16.3. The Bertz CT molecular complexity index is 497. The molecular formula is C14H18N2OS. The van der Waals surface area contributed by atoms with Crippen LogP contribution in [0, 0.1) is 6.92 Å². The number of benzene rings is 1. The summed E-state index contributed by atoms with van der Waals surface area (Å²) < 4.78 is 0. The van der Waals surface area contributed by atoms with Crippen LogP contribution in [0.25, 0.3) is 0 Å². The zero-order chi connectivity index (χ0) is 13.0. The molecule has 0 fully saturated rings. The second-order valence-electron chi connectivity index (χ2n) is 4.34. The lowest BCUT2D eigenvalue weighted by atomic mass is 10.1. The maximum atomic E-state index is 9.80. The molecule has 0 bridgehead atoms. The Balaban J connectivity index is 2.04. The molecule has 18 heavy (non-hydrogen) atoms. The minimum Gasteiger partial charge on any atom is -0.508 e. The van der Waals surface area contributed by atoms with Gasteiger partial charge in [0, 0.05) is 23.7 Å². The van der Waals surface area contributed by atoms with Gasteiger partial charge in [0.1, 0.15) is 10.8 Å². The average Bonchev–Trinajstić information content (AvgIpc) is 2.88. The first kappa shape index (κ1) is 13.1. The summed E-state index contributed by atoms with van der Waals surface area (Å²) in [4.78, 5) is 4.33. The number of phenols is 1. The van der Waals surface area contributed by atoms with E-state index in [4.69, 9.17) is 0 Å². The van der Waals surface area contributed by atoms with Crippen LogP contribution in [0.4, 0.5) is 0 Å². The first-order valence-electron chi connectivity index (χ1n) is 6.12. The van der Waals surface area contributed by atoms with Crippen LogP contribution in [0.3, 0.4) is 0 Å². The van der Waals surface area contributed by atoms with Crippen molar-refractivity contribution in [1.82, 2.24) is 10.3 Å². The van der Waals surface area contributed by atoms with Gasteiger partial charge in [0.2, 0.25) is 0 Å². The molecule has 4 heteroatoms. The molecule has 0 aliphatic heterocycles. The van der Waals surface area contributed by atoms with E-state index in [2.05, 4.69) is 17.2 Å². The monoisotopic (exact) mass is 262 g/mol. The Hall–Kier alpha value is -1.39. The number of aryl methyl sites for hydroxylation is 1. The molecule has 1 unspecified atom stereocenters. The molecule has 3 nitrogen and oxygen atoms in total. The third kappa shape index (κ3) is 3.09. The Morgan fingerprint density at radius 3 is 2.94 bits per heavy atom. The van der Waals surface area contributed by atoms with Crippen molar-refractivity contribution < 1.29 is 5.11 Å². The zero-order valence-corrected chi connectivity index (χ0v) is 11.5. The third-order valence-corrected chi connectivity index (χ3v) is 3.82. The molecule has 2 aromatic rings. The van der Waals surface area contributed by atoms with Crippen molar-refractivity contribution in [3.63, 3.8) is 0 Å². The molecule has 0 spiro atoms. The number of nitrogens with zero attached hydrogens (tertiary/aromatic N) is 1. The lowest BCUT2D eigenvalue weighted by molar-refractivity contribution is 0.454. The highest BCUT2D eigenvalue weighted by Gasteiger charge is 2.12. The number of nitrogens with one attached hydrogen (secondary N) is 1. The quantitative estimate of drug-likeness (QED) is 0.868. The average molecular weight is 262 g/mol. The van der Waals surface area contributed by atoms with Crippen LogP contribution in [0.5, 0.6) is 5.75 Å². The summed E-state index contributed by atoms with van der Waals surface area (Å²) >= 11 is 1.66. The summed E-state index contributed by atoms with van der Waals surface area (Å²) in [5.41, 5.74) is 2.09. The SMILES string of the molecule is CCC(NCc1cc(C)ccc1O)c1nccs1. The number of rotatable bonds is 5. The smallest absolute Gasteiger partial charge is 0.120 e.